The van der Waals surface area contributed by atoms with Gasteiger partial charge in [0.15, 0.2) is 5.78 Å². The molecule has 2 aromatic rings. The van der Waals surface area contributed by atoms with Crippen molar-refractivity contribution in [2.45, 2.75) is 12.6 Å². The maximum Gasteiger partial charge on any atom is 0.416 e. The number of halogens is 3. The van der Waals surface area contributed by atoms with E-state index in [9.17, 15) is 18.0 Å². The van der Waals surface area contributed by atoms with Gasteiger partial charge in [-0.1, -0.05) is 0 Å². The van der Waals surface area contributed by atoms with Crippen molar-refractivity contribution in [2.24, 2.45) is 7.05 Å². The van der Waals surface area contributed by atoms with Gasteiger partial charge < -0.3 is 5.73 Å². The van der Waals surface area contributed by atoms with E-state index in [0.29, 0.717) is 5.56 Å². The van der Waals surface area contributed by atoms with Crippen molar-refractivity contribution in [3.05, 3.63) is 47.3 Å². The van der Waals surface area contributed by atoms with Crippen molar-refractivity contribution in [1.29, 1.82) is 0 Å². The van der Waals surface area contributed by atoms with Gasteiger partial charge in [0.2, 0.25) is 0 Å². The first kappa shape index (κ1) is 14.1. The highest BCUT2D eigenvalue weighted by Crippen LogP contribution is 2.31. The standard InChI is InChI=1S/C13H12F3N3O/c1-19-7-8(6-18-19)4-12(20)10-5-9(13(14,15)16)2-3-11(10)17/h2-3,5-7H,4,17H2,1H3. The van der Waals surface area contributed by atoms with Gasteiger partial charge in [0.1, 0.15) is 0 Å². The van der Waals surface area contributed by atoms with E-state index in [-0.39, 0.29) is 17.7 Å². The van der Waals surface area contributed by atoms with Crippen LogP contribution in [0.3, 0.4) is 0 Å². The van der Waals surface area contributed by atoms with E-state index in [1.807, 2.05) is 0 Å². The summed E-state index contributed by atoms with van der Waals surface area (Å²) in [4.78, 5) is 12.0. The highest BCUT2D eigenvalue weighted by molar-refractivity contribution is 6.02. The third-order valence-electron chi connectivity index (χ3n) is 2.80. The number of carbonyl (C=O) groups excluding carboxylic acids is 1. The lowest BCUT2D eigenvalue weighted by atomic mass is 10.0. The normalized spacial score (nSPS) is 11.6. The van der Waals surface area contributed by atoms with Crippen molar-refractivity contribution in [3.63, 3.8) is 0 Å². The molecular weight excluding hydrogens is 271 g/mol. The zero-order valence-corrected chi connectivity index (χ0v) is 10.6. The van der Waals surface area contributed by atoms with Gasteiger partial charge in [-0.3, -0.25) is 9.48 Å². The minimum Gasteiger partial charge on any atom is -0.398 e. The average Bonchev–Trinajstić information content (AvgIpc) is 2.73. The number of anilines is 1. The fourth-order valence-corrected chi connectivity index (χ4v) is 1.82. The van der Waals surface area contributed by atoms with E-state index in [0.717, 1.165) is 18.2 Å². The zero-order chi connectivity index (χ0) is 14.9. The molecule has 1 aromatic carbocycles. The summed E-state index contributed by atoms with van der Waals surface area (Å²) >= 11 is 0. The molecule has 4 nitrogen and oxygen atoms in total. The smallest absolute Gasteiger partial charge is 0.398 e. The van der Waals surface area contributed by atoms with Crippen molar-refractivity contribution in [3.8, 4) is 0 Å². The summed E-state index contributed by atoms with van der Waals surface area (Å²) in [5.41, 5.74) is 5.23. The number of aromatic nitrogens is 2. The van der Waals surface area contributed by atoms with Crippen LogP contribution < -0.4 is 5.73 Å². The quantitative estimate of drug-likeness (QED) is 0.695. The highest BCUT2D eigenvalue weighted by atomic mass is 19.4. The SMILES string of the molecule is Cn1cc(CC(=O)c2cc(C(F)(F)F)ccc2N)cn1. The molecule has 1 aromatic heterocycles. The molecule has 7 heteroatoms. The Morgan fingerprint density at radius 3 is 2.65 bits per heavy atom. The summed E-state index contributed by atoms with van der Waals surface area (Å²) in [5, 5.41) is 3.90. The van der Waals surface area contributed by atoms with Gasteiger partial charge in [-0.2, -0.15) is 18.3 Å². The lowest BCUT2D eigenvalue weighted by Gasteiger charge is -2.10. The molecule has 2 rings (SSSR count). The van der Waals surface area contributed by atoms with Crippen LogP contribution in [-0.4, -0.2) is 15.6 Å². The second kappa shape index (κ2) is 4.99. The molecule has 0 radical (unpaired) electrons. The third-order valence-corrected chi connectivity index (χ3v) is 2.80. The van der Waals surface area contributed by atoms with E-state index >= 15 is 0 Å². The van der Waals surface area contributed by atoms with E-state index in [1.165, 1.54) is 10.9 Å². The monoisotopic (exact) mass is 283 g/mol. The summed E-state index contributed by atoms with van der Waals surface area (Å²) in [6.45, 7) is 0. The van der Waals surface area contributed by atoms with Crippen LogP contribution in [0.5, 0.6) is 0 Å². The van der Waals surface area contributed by atoms with Gasteiger partial charge in [-0.15, -0.1) is 0 Å². The molecule has 0 atom stereocenters. The highest BCUT2D eigenvalue weighted by Gasteiger charge is 2.31. The summed E-state index contributed by atoms with van der Waals surface area (Å²) in [7, 11) is 1.69. The van der Waals surface area contributed by atoms with Crippen molar-refractivity contribution < 1.29 is 18.0 Å². The van der Waals surface area contributed by atoms with Crippen LogP contribution >= 0.6 is 0 Å². The summed E-state index contributed by atoms with van der Waals surface area (Å²) in [6.07, 6.45) is -1.43. The predicted octanol–water partition coefficient (Wildman–Crippen LogP) is 2.45. The molecule has 0 bridgehead atoms. The molecule has 0 amide bonds. The maximum absolute atomic E-state index is 12.6. The number of ketones is 1. The number of alkyl halides is 3. The van der Waals surface area contributed by atoms with E-state index in [4.69, 9.17) is 5.73 Å². The Morgan fingerprint density at radius 1 is 1.40 bits per heavy atom. The Morgan fingerprint density at radius 2 is 2.10 bits per heavy atom. The maximum atomic E-state index is 12.6. The van der Waals surface area contributed by atoms with Crippen molar-refractivity contribution in [1.82, 2.24) is 9.78 Å². The van der Waals surface area contributed by atoms with Gasteiger partial charge in [0.05, 0.1) is 11.8 Å². The fraction of sp³-hybridized carbons (Fsp3) is 0.231. The molecule has 0 fully saturated rings. The average molecular weight is 283 g/mol. The van der Waals surface area contributed by atoms with Crippen LogP contribution in [0.15, 0.2) is 30.6 Å². The lowest BCUT2D eigenvalue weighted by Crippen LogP contribution is -2.11. The number of nitrogens with zero attached hydrogens (tertiary/aromatic N) is 2. The Bertz CT molecular complexity index is 647. The number of nitrogen functional groups attached to an aromatic ring is 1. The van der Waals surface area contributed by atoms with E-state index in [1.54, 1.807) is 13.2 Å². The Kier molecular flexibility index (Phi) is 3.52. The number of aryl methyl sites for hydroxylation is 1. The van der Waals surface area contributed by atoms with Crippen molar-refractivity contribution in [2.75, 3.05) is 5.73 Å². The first-order valence-corrected chi connectivity index (χ1v) is 5.75. The second-order valence-corrected chi connectivity index (χ2v) is 4.42. The molecule has 0 aliphatic heterocycles. The van der Waals surface area contributed by atoms with Gasteiger partial charge in [0.25, 0.3) is 0 Å². The number of nitrogens with two attached hydrogens (primary N) is 1. The number of benzene rings is 1. The Labute approximate surface area is 113 Å². The zero-order valence-electron chi connectivity index (χ0n) is 10.6. The lowest BCUT2D eigenvalue weighted by molar-refractivity contribution is -0.137. The molecule has 0 saturated carbocycles. The molecular formula is C13H12F3N3O. The summed E-state index contributed by atoms with van der Waals surface area (Å²) in [6, 6.07) is 2.74. The Hall–Kier alpha value is -2.31. The molecule has 0 unspecified atom stereocenters. The van der Waals surface area contributed by atoms with Crippen LogP contribution in [0, 0.1) is 0 Å². The van der Waals surface area contributed by atoms with Crippen LogP contribution in [-0.2, 0) is 19.6 Å². The number of carbonyl (C=O) groups is 1. The van der Waals surface area contributed by atoms with E-state index < -0.39 is 17.5 Å². The topological polar surface area (TPSA) is 60.9 Å². The minimum absolute atomic E-state index is 0.0342. The molecule has 0 aliphatic rings. The van der Waals surface area contributed by atoms with Crippen LogP contribution in [0.2, 0.25) is 0 Å². The van der Waals surface area contributed by atoms with Crippen LogP contribution in [0.1, 0.15) is 21.5 Å². The Balaban J connectivity index is 2.29. The molecule has 0 aliphatic carbocycles. The van der Waals surface area contributed by atoms with Crippen LogP contribution in [0.4, 0.5) is 18.9 Å². The van der Waals surface area contributed by atoms with Gasteiger partial charge in [0, 0.05) is 30.9 Å². The number of hydrogen-bond acceptors (Lipinski definition) is 3. The van der Waals surface area contributed by atoms with Gasteiger partial charge >= 0.3 is 6.18 Å². The first-order chi connectivity index (χ1) is 9.27. The van der Waals surface area contributed by atoms with Crippen molar-refractivity contribution >= 4 is 11.5 Å². The summed E-state index contributed by atoms with van der Waals surface area (Å²) < 4.78 is 39.4. The third kappa shape index (κ3) is 2.98. The summed E-state index contributed by atoms with van der Waals surface area (Å²) in [5.74, 6) is -0.471. The largest absolute Gasteiger partial charge is 0.416 e. The second-order valence-electron chi connectivity index (χ2n) is 4.42. The molecule has 106 valence electrons. The van der Waals surface area contributed by atoms with E-state index in [2.05, 4.69) is 5.10 Å². The number of hydrogen-bond donors (Lipinski definition) is 1. The molecule has 20 heavy (non-hydrogen) atoms. The number of rotatable bonds is 3. The van der Waals surface area contributed by atoms with Crippen LogP contribution in [0.25, 0.3) is 0 Å². The van der Waals surface area contributed by atoms with Gasteiger partial charge in [-0.25, -0.2) is 0 Å². The minimum atomic E-state index is -4.50. The number of Topliss-reactive ketones (excluding diaryl/α,β-unsaturated/α-hetero) is 1. The molecule has 0 saturated heterocycles. The van der Waals surface area contributed by atoms with Gasteiger partial charge in [-0.05, 0) is 23.8 Å². The first-order valence-electron chi connectivity index (χ1n) is 5.75. The molecule has 1 heterocycles. The molecule has 2 N–H and O–H groups in total. The predicted molar refractivity (Wildman–Crippen MR) is 67.1 cm³/mol. The molecule has 0 spiro atoms. The fourth-order valence-electron chi connectivity index (χ4n) is 1.82.